The minimum absolute atomic E-state index is 0. The molecule has 88 valence electrons. The Morgan fingerprint density at radius 3 is 1.46 bits per heavy atom. The molecule has 0 N–H and O–H groups in total. The molecule has 1 rings (SSSR count). The molecule has 0 aliphatic heterocycles. The van der Waals surface area contributed by atoms with Gasteiger partial charge >= 0.3 is 25.0 Å². The molecule has 0 atom stereocenters. The molecule has 1 aliphatic rings. The standard InChI is InChI=1S/C5H5.5CH3.2FH.Os/c1-2-4-5-3-1;;;;;;;;/h1-3H,4H2;5*1H3;2*1H;/q6*-1;;;+2/p-2. The fourth-order valence-corrected chi connectivity index (χ4v) is 0.340. The fourth-order valence-electron chi connectivity index (χ4n) is 0.340. The van der Waals surface area contributed by atoms with E-state index in [1.54, 1.807) is 0 Å². The van der Waals surface area contributed by atoms with Crippen LogP contribution < -0.4 is 0 Å². The van der Waals surface area contributed by atoms with Gasteiger partial charge in [-0.15, -0.1) is 6.42 Å². The average molecular weight is 368 g/mol. The second-order valence-corrected chi connectivity index (χ2v) is 1.42. The van der Waals surface area contributed by atoms with E-state index in [0.717, 1.165) is 6.42 Å². The first-order chi connectivity index (χ1) is 3.91. The number of hydrogen-bond donors (Lipinski definition) is 0. The van der Waals surface area contributed by atoms with Crippen molar-refractivity contribution in [2.24, 2.45) is 0 Å². The SMILES string of the molecule is [C-]1=CC=CC1.[CH3-].[CH3-].[CH3-].[CH3-].[CH3-].[F][Os][F]. The zero-order valence-electron chi connectivity index (χ0n) is 9.05. The van der Waals surface area contributed by atoms with Crippen molar-refractivity contribution < 1.29 is 25.0 Å². The zero-order valence-corrected chi connectivity index (χ0v) is 11.6. The summed E-state index contributed by atoms with van der Waals surface area (Å²) in [7, 11) is 0. The molecule has 0 unspecified atom stereocenters. The summed E-state index contributed by atoms with van der Waals surface area (Å²) in [4.78, 5) is 0. The van der Waals surface area contributed by atoms with Crippen LogP contribution in [-0.4, -0.2) is 0 Å². The molecular formula is C10H20F2Os-6. The van der Waals surface area contributed by atoms with E-state index < -0.39 is 18.4 Å². The summed E-state index contributed by atoms with van der Waals surface area (Å²) in [5.74, 6) is 0. The van der Waals surface area contributed by atoms with Crippen molar-refractivity contribution in [3.05, 3.63) is 61.4 Å². The van der Waals surface area contributed by atoms with Gasteiger partial charge in [-0.2, -0.15) is 6.08 Å². The quantitative estimate of drug-likeness (QED) is 0.556. The molecule has 0 bridgehead atoms. The van der Waals surface area contributed by atoms with Crippen LogP contribution >= 0.6 is 0 Å². The van der Waals surface area contributed by atoms with Crippen molar-refractivity contribution in [1.29, 1.82) is 0 Å². The number of hydrogen-bond acceptors (Lipinski definition) is 0. The zero-order chi connectivity index (χ0) is 6.24. The Balaban J connectivity index is -0.0000000144. The van der Waals surface area contributed by atoms with Crippen LogP contribution in [0.2, 0.25) is 0 Å². The van der Waals surface area contributed by atoms with Crippen molar-refractivity contribution >= 4 is 0 Å². The second kappa shape index (κ2) is 40.4. The van der Waals surface area contributed by atoms with Gasteiger partial charge in [-0.05, 0) is 0 Å². The molecular weight excluding hydrogens is 348 g/mol. The Kier molecular flexibility index (Phi) is 119. The number of allylic oxidation sites excluding steroid dienone is 4. The van der Waals surface area contributed by atoms with Crippen LogP contribution in [0.4, 0.5) is 6.57 Å². The summed E-state index contributed by atoms with van der Waals surface area (Å²) >= 11 is -2.58. The van der Waals surface area contributed by atoms with Gasteiger partial charge in [-0.25, -0.2) is 12.2 Å². The topological polar surface area (TPSA) is 0 Å². The van der Waals surface area contributed by atoms with Gasteiger partial charge in [-0.3, -0.25) is 6.08 Å². The summed E-state index contributed by atoms with van der Waals surface area (Å²) in [5.41, 5.74) is 0. The molecule has 13 heavy (non-hydrogen) atoms. The molecule has 0 nitrogen and oxygen atoms in total. The monoisotopic (exact) mass is 370 g/mol. The van der Waals surface area contributed by atoms with E-state index in [2.05, 4.69) is 12.2 Å². The molecule has 0 spiro atoms. The van der Waals surface area contributed by atoms with Gasteiger partial charge < -0.3 is 37.1 Å². The Labute approximate surface area is 93.1 Å². The van der Waals surface area contributed by atoms with E-state index in [4.69, 9.17) is 0 Å². The van der Waals surface area contributed by atoms with E-state index >= 15 is 0 Å². The molecule has 0 saturated carbocycles. The van der Waals surface area contributed by atoms with Crippen molar-refractivity contribution in [1.82, 2.24) is 0 Å². The van der Waals surface area contributed by atoms with E-state index in [1.165, 1.54) is 0 Å². The van der Waals surface area contributed by atoms with Crippen LogP contribution in [0, 0.1) is 43.2 Å². The molecule has 0 radical (unpaired) electrons. The predicted molar refractivity (Wildman–Crippen MR) is 55.9 cm³/mol. The van der Waals surface area contributed by atoms with Gasteiger partial charge in [0.05, 0.1) is 0 Å². The average Bonchev–Trinajstić information content (AvgIpc) is 2.17. The third kappa shape index (κ3) is 48.1. The number of halogens is 2. The summed E-state index contributed by atoms with van der Waals surface area (Å²) in [6.07, 6.45) is 10.0. The minimum atomic E-state index is -2.58. The van der Waals surface area contributed by atoms with Gasteiger partial charge in [0, 0.05) is 0 Å². The van der Waals surface area contributed by atoms with Crippen LogP contribution in [0.25, 0.3) is 0 Å². The van der Waals surface area contributed by atoms with Gasteiger partial charge in [0.2, 0.25) is 0 Å². The third-order valence-electron chi connectivity index (χ3n) is 0.586. The van der Waals surface area contributed by atoms with Crippen LogP contribution in [0.5, 0.6) is 0 Å². The summed E-state index contributed by atoms with van der Waals surface area (Å²) in [5, 5.41) is 0. The molecule has 3 heteroatoms. The molecule has 0 aromatic heterocycles. The molecule has 0 aromatic rings. The van der Waals surface area contributed by atoms with E-state index in [0.29, 0.717) is 0 Å². The van der Waals surface area contributed by atoms with Crippen LogP contribution in [0.15, 0.2) is 18.2 Å². The fraction of sp³-hybridized carbons (Fsp3) is 0.100. The Hall–Kier alpha value is -0.0236. The van der Waals surface area contributed by atoms with E-state index in [1.807, 2.05) is 12.2 Å². The van der Waals surface area contributed by atoms with Crippen LogP contribution in [0.1, 0.15) is 6.42 Å². The Morgan fingerprint density at radius 1 is 1.00 bits per heavy atom. The second-order valence-electron chi connectivity index (χ2n) is 1.05. The van der Waals surface area contributed by atoms with Crippen molar-refractivity contribution in [3.63, 3.8) is 0 Å². The van der Waals surface area contributed by atoms with Gasteiger partial charge in [-0.1, -0.05) is 0 Å². The summed E-state index contributed by atoms with van der Waals surface area (Å²) in [6, 6.07) is 0. The van der Waals surface area contributed by atoms with Crippen molar-refractivity contribution in [2.45, 2.75) is 6.42 Å². The molecule has 1 aliphatic carbocycles. The number of rotatable bonds is 0. The maximum atomic E-state index is 9.76. The summed E-state index contributed by atoms with van der Waals surface area (Å²) in [6.45, 7) is 0. The third-order valence-corrected chi connectivity index (χ3v) is 0.586. The molecule has 0 saturated heterocycles. The predicted octanol–water partition coefficient (Wildman–Crippen LogP) is 4.40. The van der Waals surface area contributed by atoms with E-state index in [-0.39, 0.29) is 37.1 Å². The van der Waals surface area contributed by atoms with Gasteiger partial charge in [0.1, 0.15) is 0 Å². The molecule has 0 fully saturated rings. The molecule has 0 amide bonds. The first-order valence-electron chi connectivity index (χ1n) is 1.98. The van der Waals surface area contributed by atoms with Gasteiger partial charge in [0.15, 0.2) is 0 Å². The Bertz CT molecular complexity index is 80.9. The first-order valence-corrected chi connectivity index (χ1v) is 3.90. The van der Waals surface area contributed by atoms with Gasteiger partial charge in [0.25, 0.3) is 0 Å². The Morgan fingerprint density at radius 2 is 1.38 bits per heavy atom. The normalized spacial score (nSPS) is 8.46. The van der Waals surface area contributed by atoms with Crippen LogP contribution in [-0.2, 0) is 18.4 Å². The molecule has 0 heterocycles. The van der Waals surface area contributed by atoms with Crippen molar-refractivity contribution in [2.75, 3.05) is 0 Å². The van der Waals surface area contributed by atoms with Crippen LogP contribution in [0.3, 0.4) is 0 Å². The maximum absolute atomic E-state index is 9.76. The van der Waals surface area contributed by atoms with E-state index in [9.17, 15) is 6.57 Å². The summed E-state index contributed by atoms with van der Waals surface area (Å²) < 4.78 is 19.5. The molecule has 0 aromatic carbocycles. The van der Waals surface area contributed by atoms with Crippen molar-refractivity contribution in [3.8, 4) is 0 Å². The first kappa shape index (κ1) is 38.2.